The van der Waals surface area contributed by atoms with Gasteiger partial charge >= 0.3 is 6.03 Å². The van der Waals surface area contributed by atoms with Crippen LogP contribution in [0.15, 0.2) is 18.2 Å². The Labute approximate surface area is 115 Å². The Morgan fingerprint density at radius 2 is 1.89 bits per heavy atom. The number of benzene rings is 1. The smallest absolute Gasteiger partial charge is 0.321 e. The Morgan fingerprint density at radius 1 is 1.32 bits per heavy atom. The van der Waals surface area contributed by atoms with Gasteiger partial charge in [0.1, 0.15) is 1.41 Å². The number of para-hydroxylation sites is 1. The van der Waals surface area contributed by atoms with E-state index in [1.54, 1.807) is 5.31 Å². The van der Waals surface area contributed by atoms with E-state index in [2.05, 4.69) is 5.32 Å². The lowest BCUT2D eigenvalue weighted by molar-refractivity contribution is 0.219. The molecule has 2 unspecified atom stereocenters. The van der Waals surface area contributed by atoms with Gasteiger partial charge < -0.3 is 15.5 Å². The van der Waals surface area contributed by atoms with Gasteiger partial charge in [-0.3, -0.25) is 0 Å². The summed E-state index contributed by atoms with van der Waals surface area (Å²) in [5, 5.41) is 4.67. The van der Waals surface area contributed by atoms with Gasteiger partial charge in [0.15, 0.2) is 0 Å². The molecule has 102 valence electrons. The first-order valence-corrected chi connectivity index (χ1v) is 6.90. The first-order chi connectivity index (χ1) is 9.54. The molecule has 2 aliphatic heterocycles. The molecule has 4 nitrogen and oxygen atoms in total. The third kappa shape index (κ3) is 2.32. The van der Waals surface area contributed by atoms with Crippen molar-refractivity contribution in [3.8, 4) is 0 Å². The highest BCUT2D eigenvalue weighted by Gasteiger charge is 2.38. The molecule has 0 bridgehead atoms. The lowest BCUT2D eigenvalue weighted by Crippen LogP contribution is -2.35. The van der Waals surface area contributed by atoms with Crippen LogP contribution in [0.1, 0.15) is 11.1 Å². The maximum absolute atomic E-state index is 12.4. The standard InChI is InChI=1S/C15H21N3O/c1-10-4-3-5-11(2)14(10)17-15(19)18-8-12-6-16-7-13(12)9-18/h3-5,12-13,16H,6-9H2,1-2H3,(H,17,19)/i/hD. The van der Waals surface area contributed by atoms with Gasteiger partial charge in [-0.05, 0) is 36.8 Å². The predicted molar refractivity (Wildman–Crippen MR) is 76.4 cm³/mol. The summed E-state index contributed by atoms with van der Waals surface area (Å²) in [4.78, 5) is 14.3. The van der Waals surface area contributed by atoms with Crippen LogP contribution >= 0.6 is 0 Å². The Balaban J connectivity index is 1.66. The number of aryl methyl sites for hydroxylation is 2. The molecule has 0 aliphatic carbocycles. The summed E-state index contributed by atoms with van der Waals surface area (Å²) in [7, 11) is 0. The minimum absolute atomic E-state index is 0.00618. The fourth-order valence-electron chi connectivity index (χ4n) is 3.12. The monoisotopic (exact) mass is 260 g/mol. The fraction of sp³-hybridized carbons (Fsp3) is 0.533. The van der Waals surface area contributed by atoms with E-state index in [9.17, 15) is 4.79 Å². The van der Waals surface area contributed by atoms with Crippen molar-refractivity contribution in [1.29, 1.82) is 0 Å². The number of fused-ring (bicyclic) bond motifs is 1. The SMILES string of the molecule is [2H]N1CC2CN(C(=O)Nc3c(C)cccc3C)CC2C1. The van der Waals surface area contributed by atoms with Crippen molar-refractivity contribution >= 4 is 11.7 Å². The minimum atomic E-state index is -0.00618. The number of amides is 2. The molecular formula is C15H21N3O. The third-order valence-electron chi connectivity index (χ3n) is 4.30. The largest absolute Gasteiger partial charge is 0.324 e. The Bertz CT molecular complexity index is 500. The van der Waals surface area contributed by atoms with Crippen molar-refractivity contribution in [2.45, 2.75) is 13.8 Å². The van der Waals surface area contributed by atoms with Gasteiger partial charge in [-0.15, -0.1) is 0 Å². The lowest BCUT2D eigenvalue weighted by Gasteiger charge is -2.20. The van der Waals surface area contributed by atoms with Crippen LogP contribution in [-0.2, 0) is 0 Å². The lowest BCUT2D eigenvalue weighted by atomic mass is 10.0. The number of likely N-dealkylation sites (tertiary alicyclic amines) is 1. The molecule has 0 radical (unpaired) electrons. The molecule has 2 heterocycles. The zero-order valence-corrected chi connectivity index (χ0v) is 11.5. The first kappa shape index (κ1) is 11.3. The number of hydrogen-bond acceptors (Lipinski definition) is 2. The highest BCUT2D eigenvalue weighted by Crippen LogP contribution is 2.27. The highest BCUT2D eigenvalue weighted by molar-refractivity contribution is 5.91. The number of nitrogens with zero attached hydrogens (tertiary/aromatic N) is 1. The maximum atomic E-state index is 12.4. The number of urea groups is 1. The van der Waals surface area contributed by atoms with E-state index in [0.29, 0.717) is 11.8 Å². The zero-order chi connectivity index (χ0) is 14.3. The van der Waals surface area contributed by atoms with Gasteiger partial charge in [0.05, 0.1) is 0 Å². The minimum Gasteiger partial charge on any atom is -0.324 e. The molecule has 3 rings (SSSR count). The van der Waals surface area contributed by atoms with Crippen LogP contribution in [0.25, 0.3) is 0 Å². The summed E-state index contributed by atoms with van der Waals surface area (Å²) in [6, 6.07) is 6.02. The van der Waals surface area contributed by atoms with E-state index in [1.165, 1.54) is 0 Å². The average molecular weight is 260 g/mol. The normalized spacial score (nSPS) is 27.3. The van der Waals surface area contributed by atoms with Crippen LogP contribution in [0.3, 0.4) is 0 Å². The second-order valence-corrected chi connectivity index (χ2v) is 5.71. The van der Waals surface area contributed by atoms with Crippen molar-refractivity contribution < 1.29 is 6.21 Å². The van der Waals surface area contributed by atoms with Gasteiger partial charge in [-0.25, -0.2) is 4.79 Å². The average Bonchev–Trinajstić information content (AvgIpc) is 2.91. The van der Waals surface area contributed by atoms with E-state index in [-0.39, 0.29) is 6.03 Å². The van der Waals surface area contributed by atoms with Crippen molar-refractivity contribution in [2.24, 2.45) is 11.8 Å². The molecule has 2 N–H and O–H groups in total. The van der Waals surface area contributed by atoms with Crippen molar-refractivity contribution in [3.63, 3.8) is 0 Å². The number of carbonyl (C=O) groups excluding carboxylic acids is 1. The van der Waals surface area contributed by atoms with Crippen molar-refractivity contribution in [1.82, 2.24) is 10.2 Å². The molecule has 4 heteroatoms. The molecular weight excluding hydrogens is 238 g/mol. The van der Waals surface area contributed by atoms with E-state index >= 15 is 0 Å². The molecule has 2 fully saturated rings. The van der Waals surface area contributed by atoms with Crippen LogP contribution in [0.5, 0.6) is 0 Å². The zero-order valence-electron chi connectivity index (χ0n) is 12.5. The molecule has 2 amide bonds. The fourth-order valence-corrected chi connectivity index (χ4v) is 3.12. The first-order valence-electron chi connectivity index (χ1n) is 7.35. The summed E-state index contributed by atoms with van der Waals surface area (Å²) >= 11 is 0. The molecule has 2 aliphatic rings. The number of nitrogens with one attached hydrogen (secondary N) is 2. The Kier molecular flexibility index (Phi) is 2.88. The molecule has 0 aromatic heterocycles. The second-order valence-electron chi connectivity index (χ2n) is 5.71. The predicted octanol–water partition coefficient (Wildman–Crippen LogP) is 1.99. The van der Waals surface area contributed by atoms with Crippen LogP contribution in [-0.4, -0.2) is 37.1 Å². The highest BCUT2D eigenvalue weighted by atomic mass is 16.2. The van der Waals surface area contributed by atoms with Crippen LogP contribution < -0.4 is 10.6 Å². The number of rotatable bonds is 1. The summed E-state index contributed by atoms with van der Waals surface area (Å²) in [6.07, 6.45) is 0. The van der Waals surface area contributed by atoms with Crippen LogP contribution in [0.4, 0.5) is 10.5 Å². The van der Waals surface area contributed by atoms with Gasteiger partial charge in [-0.2, -0.15) is 0 Å². The topological polar surface area (TPSA) is 44.4 Å². The summed E-state index contributed by atoms with van der Waals surface area (Å²) in [5.74, 6) is 0.937. The Morgan fingerprint density at radius 3 is 2.47 bits per heavy atom. The van der Waals surface area contributed by atoms with Crippen molar-refractivity contribution in [2.75, 3.05) is 31.5 Å². The summed E-state index contributed by atoms with van der Waals surface area (Å²) in [5.41, 5.74) is 3.11. The molecule has 1 aromatic carbocycles. The molecule has 2 atom stereocenters. The second kappa shape index (κ2) is 4.85. The number of anilines is 1. The molecule has 2 saturated heterocycles. The molecule has 19 heavy (non-hydrogen) atoms. The van der Waals surface area contributed by atoms with Crippen molar-refractivity contribution in [3.05, 3.63) is 29.3 Å². The number of hydrogen-bond donors (Lipinski definition) is 2. The third-order valence-corrected chi connectivity index (χ3v) is 4.30. The van der Waals surface area contributed by atoms with E-state index in [1.807, 2.05) is 36.9 Å². The van der Waals surface area contributed by atoms with E-state index in [4.69, 9.17) is 1.41 Å². The van der Waals surface area contributed by atoms with E-state index in [0.717, 1.165) is 43.0 Å². The molecule has 1 aromatic rings. The molecule has 0 spiro atoms. The summed E-state index contributed by atoms with van der Waals surface area (Å²) in [6.45, 7) is 7.15. The quantitative estimate of drug-likeness (QED) is 0.811. The molecule has 0 saturated carbocycles. The van der Waals surface area contributed by atoms with Gasteiger partial charge in [0, 0.05) is 31.9 Å². The van der Waals surface area contributed by atoms with Gasteiger partial charge in [0.25, 0.3) is 0 Å². The maximum Gasteiger partial charge on any atom is 0.321 e. The van der Waals surface area contributed by atoms with Crippen LogP contribution in [0.2, 0.25) is 1.41 Å². The number of carbonyl (C=O) groups is 1. The van der Waals surface area contributed by atoms with Crippen LogP contribution in [0, 0.1) is 25.7 Å². The Hall–Kier alpha value is -1.55. The van der Waals surface area contributed by atoms with Gasteiger partial charge in [0.2, 0.25) is 0 Å². The van der Waals surface area contributed by atoms with E-state index < -0.39 is 0 Å². The van der Waals surface area contributed by atoms with Gasteiger partial charge in [-0.1, -0.05) is 18.2 Å². The summed E-state index contributed by atoms with van der Waals surface area (Å²) < 4.78 is 7.65.